The van der Waals surface area contributed by atoms with Crippen molar-refractivity contribution in [1.82, 2.24) is 0 Å². The third-order valence-corrected chi connectivity index (χ3v) is 1.36. The lowest BCUT2D eigenvalue weighted by molar-refractivity contribution is 0.501. The molecule has 3 N–H and O–H groups in total. The molecule has 0 aromatic heterocycles. The number of halogens is 2. The predicted octanol–water partition coefficient (Wildman–Crippen LogP) is 1.45. The minimum absolute atomic E-state index is 0.125. The highest BCUT2D eigenvalue weighted by Gasteiger charge is 1.94. The molecule has 7 heteroatoms. The van der Waals surface area contributed by atoms with Crippen LogP contribution in [0.4, 0.5) is 7.77 Å². The van der Waals surface area contributed by atoms with E-state index in [0.717, 1.165) is 5.56 Å². The topological polar surface area (TPSA) is 84.0 Å². The smallest absolute Gasteiger partial charge is 0.384 e. The molecule has 4 nitrogen and oxygen atoms in total. The third-order valence-electron chi connectivity index (χ3n) is 1.36. The van der Waals surface area contributed by atoms with Crippen LogP contribution in [0.2, 0.25) is 0 Å². The number of benzene rings is 1. The van der Waals surface area contributed by atoms with Crippen molar-refractivity contribution in [1.29, 1.82) is 5.41 Å². The molecular weight excluding hydrogens is 226 g/mol. The molecule has 84 valence electrons. The van der Waals surface area contributed by atoms with Crippen molar-refractivity contribution in [2.24, 2.45) is 5.73 Å². The van der Waals surface area contributed by atoms with E-state index in [1.54, 1.807) is 0 Å². The van der Waals surface area contributed by atoms with Gasteiger partial charge in [-0.1, -0.05) is 37.6 Å². The van der Waals surface area contributed by atoms with Gasteiger partial charge in [0.1, 0.15) is 5.84 Å². The zero-order chi connectivity index (χ0) is 12.1. The fourth-order valence-electron chi connectivity index (χ4n) is 0.733. The quantitative estimate of drug-likeness (QED) is 0.439. The summed E-state index contributed by atoms with van der Waals surface area (Å²) in [5.41, 5.74) is 7.22. The molecule has 1 rings (SSSR count). The number of nitrogens with two attached hydrogens (primary N) is 1. The van der Waals surface area contributed by atoms with Crippen molar-refractivity contribution < 1.29 is 16.2 Å². The molecule has 1 aromatic rings. The van der Waals surface area contributed by atoms with E-state index in [4.69, 9.17) is 19.6 Å². The number of amidine groups is 1. The van der Waals surface area contributed by atoms with Crippen LogP contribution in [0.1, 0.15) is 11.1 Å². The molecule has 0 atom stereocenters. The van der Waals surface area contributed by atoms with E-state index < -0.39 is 10.6 Å². The summed E-state index contributed by atoms with van der Waals surface area (Å²) in [6.45, 7) is 2.00. The standard InChI is InChI=1S/C8H10N2.F2O2S/c1-6-2-4-7(5-3-6)8(9)10;1-5(2,3)4/h2-5H,1H3,(H3,9,10);. The molecule has 0 radical (unpaired) electrons. The van der Waals surface area contributed by atoms with Gasteiger partial charge in [0, 0.05) is 5.56 Å². The maximum absolute atomic E-state index is 9.99. The zero-order valence-electron chi connectivity index (χ0n) is 7.87. The van der Waals surface area contributed by atoms with Crippen molar-refractivity contribution in [2.45, 2.75) is 6.92 Å². The molecule has 0 heterocycles. The zero-order valence-corrected chi connectivity index (χ0v) is 8.68. The van der Waals surface area contributed by atoms with Gasteiger partial charge in [0.05, 0.1) is 0 Å². The Hall–Kier alpha value is -1.50. The highest BCUT2D eigenvalue weighted by Crippen LogP contribution is 2.00. The van der Waals surface area contributed by atoms with Gasteiger partial charge in [-0.25, -0.2) is 0 Å². The highest BCUT2D eigenvalue weighted by molar-refractivity contribution is 7.81. The Morgan fingerprint density at radius 2 is 1.60 bits per heavy atom. The van der Waals surface area contributed by atoms with Gasteiger partial charge in [-0.2, -0.15) is 8.42 Å². The second-order valence-electron chi connectivity index (χ2n) is 2.66. The number of rotatable bonds is 1. The second-order valence-corrected chi connectivity index (χ2v) is 3.41. The Labute approximate surface area is 86.7 Å². The van der Waals surface area contributed by atoms with Crippen LogP contribution in [0, 0.1) is 12.3 Å². The summed E-state index contributed by atoms with van der Waals surface area (Å²) >= 11 is 0. The summed E-state index contributed by atoms with van der Waals surface area (Å²) < 4.78 is 36.6. The summed E-state index contributed by atoms with van der Waals surface area (Å²) in [5, 5.41) is 7.08. The highest BCUT2D eigenvalue weighted by atomic mass is 32.3. The van der Waals surface area contributed by atoms with Gasteiger partial charge in [-0.05, 0) is 6.92 Å². The lowest BCUT2D eigenvalue weighted by atomic mass is 10.1. The molecule has 15 heavy (non-hydrogen) atoms. The Bertz CT molecular complexity index is 420. The van der Waals surface area contributed by atoms with Crippen molar-refractivity contribution >= 4 is 16.4 Å². The first-order chi connectivity index (χ1) is 6.70. The van der Waals surface area contributed by atoms with E-state index in [-0.39, 0.29) is 5.84 Å². The summed E-state index contributed by atoms with van der Waals surface area (Å²) in [4.78, 5) is 0. The van der Waals surface area contributed by atoms with Crippen molar-refractivity contribution in [2.75, 3.05) is 0 Å². The third kappa shape index (κ3) is 8.82. The lowest BCUT2D eigenvalue weighted by Gasteiger charge is -1.96. The molecule has 0 aliphatic rings. The summed E-state index contributed by atoms with van der Waals surface area (Å²) in [7, 11) is -5.67. The molecule has 0 aliphatic carbocycles. The summed E-state index contributed by atoms with van der Waals surface area (Å²) in [5.74, 6) is 0.125. The van der Waals surface area contributed by atoms with Crippen LogP contribution in [0.5, 0.6) is 0 Å². The monoisotopic (exact) mass is 236 g/mol. The first-order valence-electron chi connectivity index (χ1n) is 3.75. The molecule has 0 spiro atoms. The maximum Gasteiger partial charge on any atom is 0.476 e. The maximum atomic E-state index is 9.99. The Balaban J connectivity index is 0.000000336. The van der Waals surface area contributed by atoms with Crippen LogP contribution in [0.25, 0.3) is 0 Å². The summed E-state index contributed by atoms with van der Waals surface area (Å²) in [6.07, 6.45) is 0. The van der Waals surface area contributed by atoms with Crippen molar-refractivity contribution in [3.05, 3.63) is 35.4 Å². The summed E-state index contributed by atoms with van der Waals surface area (Å²) in [6, 6.07) is 7.57. The Kier molecular flexibility index (Phi) is 4.86. The molecule has 0 saturated carbocycles. The van der Waals surface area contributed by atoms with Crippen LogP contribution >= 0.6 is 0 Å². The van der Waals surface area contributed by atoms with Crippen LogP contribution in [-0.2, 0) is 10.6 Å². The van der Waals surface area contributed by atoms with E-state index in [2.05, 4.69) is 0 Å². The van der Waals surface area contributed by atoms with E-state index >= 15 is 0 Å². The predicted molar refractivity (Wildman–Crippen MR) is 53.3 cm³/mol. The van der Waals surface area contributed by atoms with Crippen molar-refractivity contribution in [3.8, 4) is 0 Å². The minimum atomic E-state index is -5.67. The first kappa shape index (κ1) is 13.5. The fraction of sp³-hybridized carbons (Fsp3) is 0.125. The first-order valence-corrected chi connectivity index (χ1v) is 5.04. The molecule has 0 aliphatic heterocycles. The number of hydrogen-bond donors (Lipinski definition) is 2. The van der Waals surface area contributed by atoms with Crippen LogP contribution in [0.3, 0.4) is 0 Å². The minimum Gasteiger partial charge on any atom is -0.384 e. The van der Waals surface area contributed by atoms with Crippen LogP contribution < -0.4 is 5.73 Å². The van der Waals surface area contributed by atoms with E-state index in [9.17, 15) is 7.77 Å². The second kappa shape index (κ2) is 5.40. The van der Waals surface area contributed by atoms with E-state index in [0.29, 0.717) is 0 Å². The molecule has 0 bridgehead atoms. The van der Waals surface area contributed by atoms with E-state index in [1.807, 2.05) is 31.2 Å². The van der Waals surface area contributed by atoms with E-state index in [1.165, 1.54) is 5.56 Å². The fourth-order valence-corrected chi connectivity index (χ4v) is 0.733. The van der Waals surface area contributed by atoms with Crippen LogP contribution in [-0.4, -0.2) is 14.3 Å². The van der Waals surface area contributed by atoms with Gasteiger partial charge in [0.25, 0.3) is 0 Å². The van der Waals surface area contributed by atoms with Gasteiger partial charge in [0.2, 0.25) is 0 Å². The van der Waals surface area contributed by atoms with Crippen LogP contribution in [0.15, 0.2) is 24.3 Å². The van der Waals surface area contributed by atoms with Crippen molar-refractivity contribution in [3.63, 3.8) is 0 Å². The molecular formula is C8H10F2N2O2S. The normalized spacial score (nSPS) is 10.1. The lowest BCUT2D eigenvalue weighted by Crippen LogP contribution is -2.10. The van der Waals surface area contributed by atoms with Gasteiger partial charge < -0.3 is 5.73 Å². The van der Waals surface area contributed by atoms with Gasteiger partial charge in [0.15, 0.2) is 0 Å². The number of hydrogen-bond acceptors (Lipinski definition) is 3. The number of nitrogen functional groups attached to an aromatic ring is 1. The Morgan fingerprint density at radius 3 is 1.87 bits per heavy atom. The molecule has 0 saturated heterocycles. The molecule has 0 amide bonds. The Morgan fingerprint density at radius 1 is 1.27 bits per heavy atom. The molecule has 1 aromatic carbocycles. The molecule has 0 unspecified atom stereocenters. The number of nitrogens with one attached hydrogen (secondary N) is 1. The van der Waals surface area contributed by atoms with Gasteiger partial charge >= 0.3 is 10.6 Å². The largest absolute Gasteiger partial charge is 0.476 e. The average Bonchev–Trinajstić information content (AvgIpc) is 2.01. The van der Waals surface area contributed by atoms with Gasteiger partial charge in [-0.15, -0.1) is 0 Å². The average molecular weight is 236 g/mol. The SMILES string of the molecule is Cc1ccc(C(=N)N)cc1.O=S(=O)(F)F. The van der Waals surface area contributed by atoms with Gasteiger partial charge in [-0.3, -0.25) is 5.41 Å². The number of aryl methyl sites for hydroxylation is 1. The molecule has 0 fully saturated rings.